The van der Waals surface area contributed by atoms with Crippen molar-refractivity contribution in [2.24, 2.45) is 0 Å². The zero-order valence-electron chi connectivity index (χ0n) is 35.5. The standard InChI is InChI=1S/C57H54N4/c1-43-16-13-25-55(40-43)59(46-19-7-4-8-20-46)52-34-28-49(29-35-52)58(50-30-36-53(37-31-50)60(47-21-9-5-10-22-47)56-26-14-17-44(2)41-56)51-32-38-54(39-33-51)61(48-23-11-6-12-24-48)57-27-15-18-45(3)42-57/h4-5,7-11,13,15-16,18-25,27-42,56H,6,12,14,17,26H2,1-3H3. The van der Waals surface area contributed by atoms with E-state index in [1.54, 1.807) is 0 Å². The monoisotopic (exact) mass is 794 g/mol. The predicted molar refractivity (Wildman–Crippen MR) is 260 cm³/mol. The van der Waals surface area contributed by atoms with Crippen molar-refractivity contribution in [2.75, 3.05) is 19.6 Å². The van der Waals surface area contributed by atoms with E-state index in [-0.39, 0.29) is 0 Å². The lowest BCUT2D eigenvalue weighted by Crippen LogP contribution is -2.31. The molecule has 0 amide bonds. The van der Waals surface area contributed by atoms with Crippen LogP contribution in [0.25, 0.3) is 0 Å². The maximum atomic E-state index is 2.51. The summed E-state index contributed by atoms with van der Waals surface area (Å²) < 4.78 is 0. The molecule has 0 bridgehead atoms. The van der Waals surface area contributed by atoms with Gasteiger partial charge in [-0.25, -0.2) is 0 Å². The van der Waals surface area contributed by atoms with E-state index in [9.17, 15) is 0 Å². The highest BCUT2D eigenvalue weighted by Crippen LogP contribution is 2.42. The minimum atomic E-state index is 0.310. The van der Waals surface area contributed by atoms with E-state index in [2.05, 4.69) is 247 Å². The van der Waals surface area contributed by atoms with Crippen LogP contribution >= 0.6 is 0 Å². The van der Waals surface area contributed by atoms with Gasteiger partial charge in [0.15, 0.2) is 0 Å². The van der Waals surface area contributed by atoms with Gasteiger partial charge in [0, 0.05) is 62.6 Å². The Hall–Kier alpha value is -7.04. The number of hydrogen-bond acceptors (Lipinski definition) is 4. The van der Waals surface area contributed by atoms with Crippen molar-refractivity contribution in [3.63, 3.8) is 0 Å². The summed E-state index contributed by atoms with van der Waals surface area (Å²) >= 11 is 0. The number of anilines is 10. The molecule has 4 heteroatoms. The maximum absolute atomic E-state index is 2.51. The molecule has 0 aromatic heterocycles. The molecule has 302 valence electrons. The lowest BCUT2D eigenvalue weighted by atomic mass is 9.94. The third-order valence-electron chi connectivity index (χ3n) is 11.8. The van der Waals surface area contributed by atoms with Gasteiger partial charge in [-0.1, -0.05) is 84.5 Å². The van der Waals surface area contributed by atoms with Gasteiger partial charge in [-0.05, 0) is 191 Å². The minimum Gasteiger partial charge on any atom is -0.335 e. The van der Waals surface area contributed by atoms with Gasteiger partial charge in [0.25, 0.3) is 0 Å². The van der Waals surface area contributed by atoms with Crippen LogP contribution in [0.2, 0.25) is 0 Å². The highest BCUT2D eigenvalue weighted by Gasteiger charge is 2.23. The summed E-state index contributed by atoms with van der Waals surface area (Å²) in [6.45, 7) is 6.59. The number of para-hydroxylation sites is 2. The van der Waals surface area contributed by atoms with E-state index >= 15 is 0 Å². The van der Waals surface area contributed by atoms with Crippen molar-refractivity contribution < 1.29 is 0 Å². The smallest absolute Gasteiger partial charge is 0.0524 e. The second-order valence-corrected chi connectivity index (χ2v) is 16.4. The third kappa shape index (κ3) is 8.81. The first kappa shape index (κ1) is 39.4. The van der Waals surface area contributed by atoms with Crippen LogP contribution in [0.5, 0.6) is 0 Å². The van der Waals surface area contributed by atoms with E-state index in [1.165, 1.54) is 46.6 Å². The van der Waals surface area contributed by atoms with Crippen LogP contribution in [-0.2, 0) is 0 Å². The average Bonchev–Trinajstić information content (AvgIpc) is 3.30. The van der Waals surface area contributed by atoms with E-state index in [4.69, 9.17) is 0 Å². The van der Waals surface area contributed by atoms with Gasteiger partial charge in [0.2, 0.25) is 0 Å². The Balaban J connectivity index is 1.12. The van der Waals surface area contributed by atoms with Crippen LogP contribution in [-0.4, -0.2) is 6.04 Å². The van der Waals surface area contributed by atoms with Crippen molar-refractivity contribution in [1.82, 2.24) is 0 Å². The third-order valence-corrected chi connectivity index (χ3v) is 11.8. The molecule has 0 fully saturated rings. The van der Waals surface area contributed by atoms with Crippen molar-refractivity contribution in [2.45, 2.75) is 58.9 Å². The molecule has 0 saturated heterocycles. The van der Waals surface area contributed by atoms with Gasteiger partial charge in [-0.3, -0.25) is 0 Å². The molecule has 2 aliphatic rings. The van der Waals surface area contributed by atoms with E-state index < -0.39 is 0 Å². The number of hydrogen-bond donors (Lipinski definition) is 0. The first-order chi connectivity index (χ1) is 30.0. The summed E-state index contributed by atoms with van der Waals surface area (Å²) in [7, 11) is 0. The quantitative estimate of drug-likeness (QED) is 0.114. The summed E-state index contributed by atoms with van der Waals surface area (Å²) in [5.74, 6) is 0. The van der Waals surface area contributed by atoms with Crippen LogP contribution in [0.1, 0.15) is 50.2 Å². The fourth-order valence-electron chi connectivity index (χ4n) is 8.89. The second-order valence-electron chi connectivity index (χ2n) is 16.4. The normalized spacial score (nSPS) is 14.8. The molecule has 0 saturated carbocycles. The summed E-state index contributed by atoms with van der Waals surface area (Å²) in [4.78, 5) is 9.60. The molecule has 0 spiro atoms. The molecule has 1 unspecified atom stereocenters. The molecule has 7 aromatic rings. The first-order valence-corrected chi connectivity index (χ1v) is 21.8. The summed E-state index contributed by atoms with van der Waals surface area (Å²) in [6, 6.07) is 66.5. The predicted octanol–water partition coefficient (Wildman–Crippen LogP) is 16.3. The van der Waals surface area contributed by atoms with Crippen molar-refractivity contribution in [3.8, 4) is 0 Å². The van der Waals surface area contributed by atoms with Gasteiger partial charge in [-0.2, -0.15) is 0 Å². The van der Waals surface area contributed by atoms with Gasteiger partial charge in [-0.15, -0.1) is 0 Å². The van der Waals surface area contributed by atoms with Crippen LogP contribution in [0.15, 0.2) is 218 Å². The highest BCUT2D eigenvalue weighted by atomic mass is 15.2. The lowest BCUT2D eigenvalue weighted by Gasteiger charge is -2.35. The maximum Gasteiger partial charge on any atom is 0.0524 e. The van der Waals surface area contributed by atoms with Crippen LogP contribution in [0.4, 0.5) is 56.9 Å². The molecular weight excluding hydrogens is 741 g/mol. The van der Waals surface area contributed by atoms with E-state index in [0.717, 1.165) is 64.8 Å². The summed E-state index contributed by atoms with van der Waals surface area (Å²) in [5, 5.41) is 0. The topological polar surface area (TPSA) is 13.0 Å². The largest absolute Gasteiger partial charge is 0.335 e. The van der Waals surface area contributed by atoms with Gasteiger partial charge < -0.3 is 19.6 Å². The van der Waals surface area contributed by atoms with E-state index in [1.807, 2.05) is 0 Å². The Bertz CT molecular complexity index is 2640. The van der Waals surface area contributed by atoms with Crippen molar-refractivity contribution >= 4 is 56.9 Å². The number of benzene rings is 7. The minimum absolute atomic E-state index is 0.310. The molecule has 0 N–H and O–H groups in total. The Kier molecular flexibility index (Phi) is 11.7. The zero-order valence-corrected chi connectivity index (χ0v) is 35.5. The number of allylic oxidation sites excluding steroid dienone is 4. The van der Waals surface area contributed by atoms with Gasteiger partial charge in [0.05, 0.1) is 6.04 Å². The fourth-order valence-corrected chi connectivity index (χ4v) is 8.89. The van der Waals surface area contributed by atoms with Crippen LogP contribution < -0.4 is 19.6 Å². The SMILES string of the molecule is CC1=CC(N(c2ccccc2)c2ccc(N(c3ccc(N(C4=CCCC=C4)c4cccc(C)c4)cc3)c3ccc(N(c4ccccc4)c4cccc(C)c4)cc3)cc2)CCC1. The molecule has 0 aliphatic heterocycles. The molecule has 4 nitrogen and oxygen atoms in total. The highest BCUT2D eigenvalue weighted by molar-refractivity contribution is 5.83. The van der Waals surface area contributed by atoms with Crippen molar-refractivity contribution in [3.05, 3.63) is 229 Å². The second kappa shape index (κ2) is 18.1. The molecule has 61 heavy (non-hydrogen) atoms. The Labute approximate surface area is 362 Å². The zero-order chi connectivity index (χ0) is 41.5. The Morgan fingerprint density at radius 1 is 0.410 bits per heavy atom. The molecule has 7 aromatic carbocycles. The lowest BCUT2D eigenvalue weighted by molar-refractivity contribution is 0.613. The number of nitrogens with zero attached hydrogens (tertiary/aromatic N) is 4. The molecule has 1 atom stereocenters. The fraction of sp³-hybridized carbons (Fsp3) is 0.158. The average molecular weight is 795 g/mol. The molecule has 2 aliphatic carbocycles. The number of aryl methyl sites for hydroxylation is 2. The molecule has 0 heterocycles. The van der Waals surface area contributed by atoms with E-state index in [0.29, 0.717) is 6.04 Å². The Morgan fingerprint density at radius 3 is 1.33 bits per heavy atom. The number of rotatable bonds is 12. The molecular formula is C57H54N4. The van der Waals surface area contributed by atoms with Gasteiger partial charge >= 0.3 is 0 Å². The summed E-state index contributed by atoms with van der Waals surface area (Å²) in [5.41, 5.74) is 16.5. The summed E-state index contributed by atoms with van der Waals surface area (Å²) in [6.07, 6.45) is 15.0. The molecule has 9 rings (SSSR count). The van der Waals surface area contributed by atoms with Crippen LogP contribution in [0, 0.1) is 13.8 Å². The molecule has 0 radical (unpaired) electrons. The first-order valence-electron chi connectivity index (χ1n) is 21.8. The van der Waals surface area contributed by atoms with Crippen molar-refractivity contribution in [1.29, 1.82) is 0 Å². The van der Waals surface area contributed by atoms with Crippen LogP contribution in [0.3, 0.4) is 0 Å². The Morgan fingerprint density at radius 2 is 0.836 bits per heavy atom. The van der Waals surface area contributed by atoms with Gasteiger partial charge in [0.1, 0.15) is 0 Å².